The smallest absolute Gasteiger partial charge is 0.0671 e. The van der Waals surface area contributed by atoms with Crippen molar-refractivity contribution in [2.24, 2.45) is 0 Å². The van der Waals surface area contributed by atoms with Gasteiger partial charge in [-0.3, -0.25) is 0 Å². The Hall–Kier alpha value is -1.18. The molecule has 2 aromatic rings. The van der Waals surface area contributed by atoms with Crippen molar-refractivity contribution in [3.63, 3.8) is 0 Å². The minimum Gasteiger partial charge on any atom is -0.398 e. The van der Waals surface area contributed by atoms with E-state index in [1.165, 1.54) is 0 Å². The van der Waals surface area contributed by atoms with Crippen molar-refractivity contribution in [1.29, 1.82) is 5.26 Å². The van der Waals surface area contributed by atoms with E-state index in [2.05, 4.69) is 18.7 Å². The minimum absolute atomic E-state index is 0.358. The standard InChI is InChI=1S/C10H8N2S2/c11-4-3-7-8(12)2-1-6-5-9(13)14-10(6)7/h1-2,5,13H,3,12H2. The fourth-order valence-corrected chi connectivity index (χ4v) is 2.79. The maximum absolute atomic E-state index is 8.69. The molecule has 14 heavy (non-hydrogen) atoms. The van der Waals surface area contributed by atoms with Gasteiger partial charge in [-0.05, 0) is 17.5 Å². The number of thiophene rings is 1. The molecule has 1 heterocycles. The van der Waals surface area contributed by atoms with Gasteiger partial charge in [0.05, 0.1) is 16.7 Å². The maximum atomic E-state index is 8.69. The highest BCUT2D eigenvalue weighted by molar-refractivity contribution is 7.83. The Morgan fingerprint density at radius 2 is 2.29 bits per heavy atom. The number of fused-ring (bicyclic) bond motifs is 1. The molecule has 70 valence electrons. The molecule has 2 nitrogen and oxygen atoms in total. The van der Waals surface area contributed by atoms with Gasteiger partial charge in [0.25, 0.3) is 0 Å². The fraction of sp³-hybridized carbons (Fsp3) is 0.100. The van der Waals surface area contributed by atoms with Crippen LogP contribution in [0.1, 0.15) is 5.56 Å². The minimum atomic E-state index is 0.358. The third kappa shape index (κ3) is 1.45. The number of nitrogens with two attached hydrogens (primary N) is 1. The van der Waals surface area contributed by atoms with Gasteiger partial charge in [-0.15, -0.1) is 24.0 Å². The Morgan fingerprint density at radius 1 is 1.50 bits per heavy atom. The zero-order chi connectivity index (χ0) is 10.1. The maximum Gasteiger partial charge on any atom is 0.0671 e. The van der Waals surface area contributed by atoms with Crippen LogP contribution in [0.15, 0.2) is 22.4 Å². The topological polar surface area (TPSA) is 49.8 Å². The van der Waals surface area contributed by atoms with E-state index in [-0.39, 0.29) is 0 Å². The van der Waals surface area contributed by atoms with Gasteiger partial charge in [0.2, 0.25) is 0 Å². The zero-order valence-electron chi connectivity index (χ0n) is 7.32. The van der Waals surface area contributed by atoms with Gasteiger partial charge in [-0.2, -0.15) is 5.26 Å². The molecule has 1 aromatic heterocycles. The van der Waals surface area contributed by atoms with E-state index in [0.29, 0.717) is 12.1 Å². The summed E-state index contributed by atoms with van der Waals surface area (Å²) in [4.78, 5) is 0. The molecular weight excluding hydrogens is 212 g/mol. The number of anilines is 1. The predicted octanol–water partition coefficient (Wildman–Crippen LogP) is 2.84. The van der Waals surface area contributed by atoms with E-state index in [0.717, 1.165) is 19.9 Å². The molecule has 0 bridgehead atoms. The van der Waals surface area contributed by atoms with Crippen LogP contribution < -0.4 is 5.73 Å². The van der Waals surface area contributed by atoms with E-state index >= 15 is 0 Å². The fourth-order valence-electron chi connectivity index (χ4n) is 1.42. The van der Waals surface area contributed by atoms with Crippen LogP contribution in [0.2, 0.25) is 0 Å². The lowest BCUT2D eigenvalue weighted by molar-refractivity contribution is 1.30. The number of nitrogen functional groups attached to an aromatic ring is 1. The third-order valence-electron chi connectivity index (χ3n) is 2.07. The van der Waals surface area contributed by atoms with Gasteiger partial charge in [0.15, 0.2) is 0 Å². The quantitative estimate of drug-likeness (QED) is 0.573. The molecule has 4 heteroatoms. The summed E-state index contributed by atoms with van der Waals surface area (Å²) in [5.41, 5.74) is 7.43. The highest BCUT2D eigenvalue weighted by Crippen LogP contribution is 2.33. The van der Waals surface area contributed by atoms with Crippen LogP contribution >= 0.6 is 24.0 Å². The Kier molecular flexibility index (Phi) is 2.36. The van der Waals surface area contributed by atoms with E-state index in [1.54, 1.807) is 11.3 Å². The molecule has 0 aliphatic heterocycles. The van der Waals surface area contributed by atoms with Crippen LogP contribution in [0.5, 0.6) is 0 Å². The molecule has 0 fully saturated rings. The molecule has 0 spiro atoms. The lowest BCUT2D eigenvalue weighted by Crippen LogP contribution is -1.92. The average Bonchev–Trinajstić information content (AvgIpc) is 2.51. The van der Waals surface area contributed by atoms with Crippen LogP contribution in [-0.2, 0) is 6.42 Å². The first-order valence-electron chi connectivity index (χ1n) is 4.09. The van der Waals surface area contributed by atoms with Crippen LogP contribution in [0.25, 0.3) is 10.1 Å². The zero-order valence-corrected chi connectivity index (χ0v) is 9.03. The van der Waals surface area contributed by atoms with Crippen molar-refractivity contribution in [1.82, 2.24) is 0 Å². The summed E-state index contributed by atoms with van der Waals surface area (Å²) in [6.45, 7) is 0. The number of nitriles is 1. The van der Waals surface area contributed by atoms with Gasteiger partial charge in [0, 0.05) is 16.0 Å². The van der Waals surface area contributed by atoms with Gasteiger partial charge < -0.3 is 5.73 Å². The molecule has 0 unspecified atom stereocenters. The van der Waals surface area contributed by atoms with Crippen LogP contribution in [0.3, 0.4) is 0 Å². The highest BCUT2D eigenvalue weighted by Gasteiger charge is 2.07. The average molecular weight is 220 g/mol. The third-order valence-corrected chi connectivity index (χ3v) is 3.48. The molecular formula is C10H8N2S2. The van der Waals surface area contributed by atoms with Crippen LogP contribution in [0.4, 0.5) is 5.69 Å². The summed E-state index contributed by atoms with van der Waals surface area (Å²) in [5, 5.41) is 9.80. The molecule has 2 N–H and O–H groups in total. The van der Waals surface area contributed by atoms with Crippen LogP contribution in [0, 0.1) is 11.3 Å². The predicted molar refractivity (Wildman–Crippen MR) is 62.8 cm³/mol. The number of thiol groups is 1. The summed E-state index contributed by atoms with van der Waals surface area (Å²) in [6, 6.07) is 7.92. The molecule has 0 radical (unpaired) electrons. The summed E-state index contributed by atoms with van der Waals surface area (Å²) < 4.78 is 2.03. The monoisotopic (exact) mass is 220 g/mol. The second kappa shape index (κ2) is 3.52. The van der Waals surface area contributed by atoms with Gasteiger partial charge in [-0.25, -0.2) is 0 Å². The van der Waals surface area contributed by atoms with E-state index in [1.807, 2.05) is 18.2 Å². The lowest BCUT2D eigenvalue weighted by atomic mass is 10.1. The van der Waals surface area contributed by atoms with Crippen molar-refractivity contribution in [2.75, 3.05) is 5.73 Å². The SMILES string of the molecule is N#CCc1c(N)ccc2cc(S)sc12. The second-order valence-corrected chi connectivity index (χ2v) is 4.81. The molecule has 0 aliphatic rings. The lowest BCUT2D eigenvalue weighted by Gasteiger charge is -2.01. The van der Waals surface area contributed by atoms with E-state index in [4.69, 9.17) is 11.0 Å². The molecule has 0 atom stereocenters. The molecule has 0 aliphatic carbocycles. The van der Waals surface area contributed by atoms with Gasteiger partial charge >= 0.3 is 0 Å². The Bertz CT molecular complexity index is 523. The van der Waals surface area contributed by atoms with Crippen LogP contribution in [-0.4, -0.2) is 0 Å². The summed E-state index contributed by atoms with van der Waals surface area (Å²) in [5.74, 6) is 0. The van der Waals surface area contributed by atoms with Gasteiger partial charge in [-0.1, -0.05) is 6.07 Å². The number of hydrogen-bond acceptors (Lipinski definition) is 4. The van der Waals surface area contributed by atoms with Crippen molar-refractivity contribution >= 4 is 39.7 Å². The first kappa shape index (κ1) is 9.38. The molecule has 0 saturated heterocycles. The number of nitrogens with zero attached hydrogens (tertiary/aromatic N) is 1. The first-order valence-corrected chi connectivity index (χ1v) is 5.35. The normalized spacial score (nSPS) is 10.3. The number of rotatable bonds is 1. The number of hydrogen-bond donors (Lipinski definition) is 2. The van der Waals surface area contributed by atoms with Crippen molar-refractivity contribution in [3.05, 3.63) is 23.8 Å². The van der Waals surface area contributed by atoms with Crippen molar-refractivity contribution < 1.29 is 0 Å². The molecule has 0 amide bonds. The summed E-state index contributed by atoms with van der Waals surface area (Å²) >= 11 is 5.85. The summed E-state index contributed by atoms with van der Waals surface area (Å²) in [6.07, 6.45) is 0.358. The largest absolute Gasteiger partial charge is 0.398 e. The Balaban J connectivity index is 2.76. The van der Waals surface area contributed by atoms with Crippen molar-refractivity contribution in [3.8, 4) is 6.07 Å². The molecule has 0 saturated carbocycles. The Labute approximate surface area is 91.4 Å². The highest BCUT2D eigenvalue weighted by atomic mass is 32.2. The van der Waals surface area contributed by atoms with Gasteiger partial charge in [0.1, 0.15) is 0 Å². The first-order chi connectivity index (χ1) is 6.72. The molecule has 2 rings (SSSR count). The molecule has 1 aromatic carbocycles. The summed E-state index contributed by atoms with van der Waals surface area (Å²) in [7, 11) is 0. The second-order valence-electron chi connectivity index (χ2n) is 2.97. The Morgan fingerprint density at radius 3 is 3.00 bits per heavy atom. The van der Waals surface area contributed by atoms with E-state index in [9.17, 15) is 0 Å². The number of benzene rings is 1. The van der Waals surface area contributed by atoms with E-state index < -0.39 is 0 Å². The van der Waals surface area contributed by atoms with Crippen molar-refractivity contribution in [2.45, 2.75) is 10.6 Å².